The molecule has 4 saturated carbocycles. The lowest BCUT2D eigenvalue weighted by molar-refractivity contribution is -0.385. The number of carbonyl (C=O) groups is 2. The minimum absolute atomic E-state index is 0.00531. The Balaban J connectivity index is 1.49. The number of methoxy groups -OCH3 is 1. The predicted molar refractivity (Wildman–Crippen MR) is 95.5 cm³/mol. The maximum absolute atomic E-state index is 13.0. The summed E-state index contributed by atoms with van der Waals surface area (Å²) >= 11 is 0. The summed E-state index contributed by atoms with van der Waals surface area (Å²) in [5.41, 5.74) is -0.560. The largest absolute Gasteiger partial charge is 0.479 e. The number of nitro groups is 1. The van der Waals surface area contributed by atoms with Gasteiger partial charge in [0.2, 0.25) is 0 Å². The zero-order valence-corrected chi connectivity index (χ0v) is 15.3. The molecule has 1 aromatic carbocycles. The Morgan fingerprint density at radius 1 is 1.15 bits per heavy atom. The van der Waals surface area contributed by atoms with E-state index in [0.717, 1.165) is 25.3 Å². The Bertz CT molecular complexity index is 766. The van der Waals surface area contributed by atoms with Gasteiger partial charge in [0.15, 0.2) is 11.5 Å². The molecule has 4 aliphatic rings. The van der Waals surface area contributed by atoms with Crippen molar-refractivity contribution in [2.75, 3.05) is 13.7 Å². The topological polar surface area (TPSA) is 95.7 Å². The highest BCUT2D eigenvalue weighted by Gasteiger charge is 2.54. The number of ether oxygens (including phenoxy) is 2. The van der Waals surface area contributed by atoms with Gasteiger partial charge in [0.1, 0.15) is 6.61 Å². The van der Waals surface area contributed by atoms with Crippen molar-refractivity contribution in [3.8, 4) is 5.75 Å². The van der Waals surface area contributed by atoms with Crippen LogP contribution in [0.25, 0.3) is 0 Å². The minimum Gasteiger partial charge on any atom is -0.479 e. The monoisotopic (exact) mass is 373 g/mol. The van der Waals surface area contributed by atoms with Crippen LogP contribution in [0.3, 0.4) is 0 Å². The van der Waals surface area contributed by atoms with E-state index in [4.69, 9.17) is 4.74 Å². The number of hydrogen-bond donors (Lipinski definition) is 0. The van der Waals surface area contributed by atoms with E-state index in [9.17, 15) is 19.7 Å². The second kappa shape index (κ2) is 6.62. The van der Waals surface area contributed by atoms with E-state index in [1.807, 2.05) is 0 Å². The van der Waals surface area contributed by atoms with Gasteiger partial charge in [-0.25, -0.2) is 4.79 Å². The molecule has 27 heavy (non-hydrogen) atoms. The van der Waals surface area contributed by atoms with E-state index in [0.29, 0.717) is 17.8 Å². The second-order valence-electron chi connectivity index (χ2n) is 8.34. The van der Waals surface area contributed by atoms with Crippen molar-refractivity contribution in [1.82, 2.24) is 0 Å². The molecule has 0 N–H and O–H groups in total. The number of nitrogens with zero attached hydrogens (tertiary/aromatic N) is 1. The molecule has 0 unspecified atom stereocenters. The van der Waals surface area contributed by atoms with E-state index in [1.165, 1.54) is 38.5 Å². The molecule has 0 aromatic heterocycles. The van der Waals surface area contributed by atoms with E-state index in [2.05, 4.69) is 4.74 Å². The number of nitro benzene ring substituents is 1. The molecular weight excluding hydrogens is 350 g/mol. The summed E-state index contributed by atoms with van der Waals surface area (Å²) in [7, 11) is 1.21. The van der Waals surface area contributed by atoms with Gasteiger partial charge in [-0.1, -0.05) is 0 Å². The summed E-state index contributed by atoms with van der Waals surface area (Å²) in [6.45, 7) is -0.162. The van der Waals surface area contributed by atoms with Crippen molar-refractivity contribution in [3.05, 3.63) is 33.9 Å². The van der Waals surface area contributed by atoms with Crippen LogP contribution in [-0.4, -0.2) is 30.4 Å². The lowest BCUT2D eigenvalue weighted by atomic mass is 9.48. The first-order valence-electron chi connectivity index (χ1n) is 9.43. The van der Waals surface area contributed by atoms with E-state index >= 15 is 0 Å². The number of ketones is 1. The molecule has 0 saturated heterocycles. The van der Waals surface area contributed by atoms with E-state index < -0.39 is 10.9 Å². The van der Waals surface area contributed by atoms with Crippen molar-refractivity contribution in [2.24, 2.45) is 23.2 Å². The highest BCUT2D eigenvalue weighted by molar-refractivity contribution is 5.90. The number of hydrogen-bond acceptors (Lipinski definition) is 6. The standard InChI is InChI=1S/C20H23NO6/c1-26-19(23)15-2-3-17(16(7-15)21(24)25)27-11-18(22)20-8-12-4-13(9-20)6-14(5-12)10-20/h2-3,7,12-14H,4-6,8-11H2,1H3. The van der Waals surface area contributed by atoms with Crippen LogP contribution in [0.2, 0.25) is 0 Å². The van der Waals surface area contributed by atoms with Crippen LogP contribution in [0.5, 0.6) is 5.75 Å². The van der Waals surface area contributed by atoms with Crippen LogP contribution in [0.1, 0.15) is 48.9 Å². The smallest absolute Gasteiger partial charge is 0.338 e. The summed E-state index contributed by atoms with van der Waals surface area (Å²) in [4.78, 5) is 35.3. The van der Waals surface area contributed by atoms with Crippen molar-refractivity contribution in [3.63, 3.8) is 0 Å². The van der Waals surface area contributed by atoms with Gasteiger partial charge >= 0.3 is 11.7 Å². The number of esters is 1. The van der Waals surface area contributed by atoms with Gasteiger partial charge in [-0.2, -0.15) is 0 Å². The average molecular weight is 373 g/mol. The number of carbonyl (C=O) groups excluding carboxylic acids is 2. The molecule has 0 spiro atoms. The molecule has 144 valence electrons. The number of Topliss-reactive ketones (excluding diaryl/α,β-unsaturated/α-hetero) is 1. The fourth-order valence-corrected chi connectivity index (χ4v) is 5.78. The fourth-order valence-electron chi connectivity index (χ4n) is 5.78. The van der Waals surface area contributed by atoms with E-state index in [1.54, 1.807) is 0 Å². The Morgan fingerprint density at radius 3 is 2.26 bits per heavy atom. The fraction of sp³-hybridized carbons (Fsp3) is 0.600. The molecule has 1 aromatic rings. The van der Waals surface area contributed by atoms with Crippen molar-refractivity contribution >= 4 is 17.4 Å². The highest BCUT2D eigenvalue weighted by Crippen LogP contribution is 2.60. The quantitative estimate of drug-likeness (QED) is 0.430. The molecule has 0 amide bonds. The van der Waals surface area contributed by atoms with Crippen LogP contribution in [0.4, 0.5) is 5.69 Å². The Hall–Kier alpha value is -2.44. The third-order valence-electron chi connectivity index (χ3n) is 6.57. The number of benzene rings is 1. The van der Waals surface area contributed by atoms with Crippen LogP contribution < -0.4 is 4.74 Å². The summed E-state index contributed by atoms with van der Waals surface area (Å²) in [6.07, 6.45) is 6.54. The normalized spacial score (nSPS) is 30.8. The van der Waals surface area contributed by atoms with Gasteiger partial charge < -0.3 is 9.47 Å². The predicted octanol–water partition coefficient (Wildman–Crippen LogP) is 3.55. The molecule has 0 aliphatic heterocycles. The lowest BCUT2D eigenvalue weighted by Gasteiger charge is -2.55. The van der Waals surface area contributed by atoms with Gasteiger partial charge in [-0.15, -0.1) is 0 Å². The van der Waals surface area contributed by atoms with Gasteiger partial charge in [0.05, 0.1) is 17.6 Å². The molecule has 4 bridgehead atoms. The molecule has 4 aliphatic carbocycles. The Kier molecular flexibility index (Phi) is 4.40. The zero-order chi connectivity index (χ0) is 19.2. The average Bonchev–Trinajstić information content (AvgIpc) is 2.64. The molecule has 0 heterocycles. The SMILES string of the molecule is COC(=O)c1ccc(OCC(=O)C23CC4CC(CC(C4)C2)C3)c([N+](=O)[O-])c1. The molecule has 5 rings (SSSR count). The van der Waals surface area contributed by atoms with Crippen LogP contribution >= 0.6 is 0 Å². The molecule has 7 heteroatoms. The molecule has 0 atom stereocenters. The first-order valence-corrected chi connectivity index (χ1v) is 9.43. The summed E-state index contributed by atoms with van der Waals surface area (Å²) < 4.78 is 10.2. The molecular formula is C20H23NO6. The number of rotatable bonds is 6. The van der Waals surface area contributed by atoms with Crippen LogP contribution in [0.15, 0.2) is 18.2 Å². The molecule has 0 radical (unpaired) electrons. The third kappa shape index (κ3) is 3.19. The molecule has 7 nitrogen and oxygen atoms in total. The second-order valence-corrected chi connectivity index (χ2v) is 8.34. The first kappa shape index (κ1) is 17.9. The first-order chi connectivity index (χ1) is 12.9. The molecule has 4 fully saturated rings. The summed E-state index contributed by atoms with van der Waals surface area (Å²) in [5.74, 6) is 1.35. The minimum atomic E-state index is -0.658. The maximum Gasteiger partial charge on any atom is 0.338 e. The highest BCUT2D eigenvalue weighted by atomic mass is 16.6. The Morgan fingerprint density at radius 2 is 1.74 bits per heavy atom. The van der Waals surface area contributed by atoms with Gasteiger partial charge in [0, 0.05) is 11.5 Å². The van der Waals surface area contributed by atoms with Crippen molar-refractivity contribution in [1.29, 1.82) is 0 Å². The summed E-state index contributed by atoms with van der Waals surface area (Å²) in [5, 5.41) is 11.3. The van der Waals surface area contributed by atoms with Crippen molar-refractivity contribution < 1.29 is 24.0 Å². The third-order valence-corrected chi connectivity index (χ3v) is 6.57. The maximum atomic E-state index is 13.0. The van der Waals surface area contributed by atoms with Gasteiger partial charge in [-0.05, 0) is 68.4 Å². The summed E-state index contributed by atoms with van der Waals surface area (Å²) in [6, 6.07) is 3.89. The van der Waals surface area contributed by atoms with E-state index in [-0.39, 0.29) is 34.8 Å². The van der Waals surface area contributed by atoms with Crippen LogP contribution in [-0.2, 0) is 9.53 Å². The Labute approximate surface area is 157 Å². The van der Waals surface area contributed by atoms with Gasteiger partial charge in [0.25, 0.3) is 0 Å². The van der Waals surface area contributed by atoms with Crippen molar-refractivity contribution in [2.45, 2.75) is 38.5 Å². The van der Waals surface area contributed by atoms with Gasteiger partial charge in [-0.3, -0.25) is 14.9 Å². The zero-order valence-electron chi connectivity index (χ0n) is 15.3. The van der Waals surface area contributed by atoms with Crippen LogP contribution in [0, 0.1) is 33.3 Å². The lowest BCUT2D eigenvalue weighted by Crippen LogP contribution is -2.51.